The molecule has 0 saturated carbocycles. The summed E-state index contributed by atoms with van der Waals surface area (Å²) < 4.78 is 0. The highest BCUT2D eigenvalue weighted by atomic mass is 35.5. The van der Waals surface area contributed by atoms with Crippen molar-refractivity contribution in [2.45, 2.75) is 13.8 Å². The maximum Gasteiger partial charge on any atom is 0.224 e. The number of carbonyl (C=O) groups is 1. The standard InChI is InChI=1S/C11H15Cl2N3O/c1-11(2,10(15)17)5-16-9-4-7(13)6(12)3-8(9)14/h3-4,16H,5,14H2,1-2H3,(H2,15,17). The highest BCUT2D eigenvalue weighted by molar-refractivity contribution is 6.42. The summed E-state index contributed by atoms with van der Waals surface area (Å²) in [5.74, 6) is -0.386. The molecule has 0 heterocycles. The number of hydrogen-bond donors (Lipinski definition) is 3. The average molecular weight is 276 g/mol. The molecular weight excluding hydrogens is 261 g/mol. The van der Waals surface area contributed by atoms with E-state index in [-0.39, 0.29) is 5.91 Å². The molecule has 94 valence electrons. The Kier molecular flexibility index (Phi) is 4.11. The Morgan fingerprint density at radius 2 is 1.88 bits per heavy atom. The predicted octanol–water partition coefficient (Wildman–Crippen LogP) is 2.50. The van der Waals surface area contributed by atoms with Gasteiger partial charge in [0.2, 0.25) is 5.91 Å². The van der Waals surface area contributed by atoms with Crippen LogP contribution in [0.4, 0.5) is 11.4 Å². The van der Waals surface area contributed by atoms with Crippen LogP contribution >= 0.6 is 23.2 Å². The van der Waals surface area contributed by atoms with E-state index in [2.05, 4.69) is 5.32 Å². The first-order chi connectivity index (χ1) is 7.74. The molecule has 1 amide bonds. The molecule has 0 bridgehead atoms. The summed E-state index contributed by atoms with van der Waals surface area (Å²) in [6.07, 6.45) is 0. The number of benzene rings is 1. The molecule has 0 radical (unpaired) electrons. The van der Waals surface area contributed by atoms with E-state index < -0.39 is 5.41 Å². The van der Waals surface area contributed by atoms with E-state index in [1.807, 2.05) is 0 Å². The summed E-state index contributed by atoms with van der Waals surface area (Å²) in [5, 5.41) is 3.83. The van der Waals surface area contributed by atoms with Gasteiger partial charge in [-0.15, -0.1) is 0 Å². The van der Waals surface area contributed by atoms with E-state index in [0.717, 1.165) is 0 Å². The maximum atomic E-state index is 11.2. The Morgan fingerprint density at radius 1 is 1.35 bits per heavy atom. The van der Waals surface area contributed by atoms with Crippen LogP contribution in [-0.4, -0.2) is 12.5 Å². The van der Waals surface area contributed by atoms with E-state index in [0.29, 0.717) is 28.0 Å². The van der Waals surface area contributed by atoms with Crippen LogP contribution in [-0.2, 0) is 4.79 Å². The molecule has 0 aliphatic carbocycles. The van der Waals surface area contributed by atoms with Gasteiger partial charge in [0.1, 0.15) is 0 Å². The molecule has 1 aromatic carbocycles. The fraction of sp³-hybridized carbons (Fsp3) is 0.364. The number of carbonyl (C=O) groups excluding carboxylic acids is 1. The molecule has 6 heteroatoms. The zero-order valence-corrected chi connectivity index (χ0v) is 11.2. The SMILES string of the molecule is CC(C)(CNc1cc(Cl)c(Cl)cc1N)C(N)=O. The summed E-state index contributed by atoms with van der Waals surface area (Å²) in [4.78, 5) is 11.2. The zero-order valence-electron chi connectivity index (χ0n) is 9.68. The molecule has 17 heavy (non-hydrogen) atoms. The molecular formula is C11H15Cl2N3O. The van der Waals surface area contributed by atoms with Gasteiger partial charge in [-0.3, -0.25) is 4.79 Å². The first kappa shape index (κ1) is 13.9. The van der Waals surface area contributed by atoms with Gasteiger partial charge < -0.3 is 16.8 Å². The number of anilines is 2. The second kappa shape index (κ2) is 5.02. The summed E-state index contributed by atoms with van der Waals surface area (Å²) in [7, 11) is 0. The number of amides is 1. The second-order valence-corrected chi connectivity index (χ2v) is 5.27. The van der Waals surface area contributed by atoms with Gasteiger partial charge in [0.15, 0.2) is 0 Å². The second-order valence-electron chi connectivity index (χ2n) is 4.46. The highest BCUT2D eigenvalue weighted by Gasteiger charge is 2.24. The molecule has 0 aliphatic rings. The lowest BCUT2D eigenvalue weighted by Crippen LogP contribution is -2.37. The van der Waals surface area contributed by atoms with Crippen molar-refractivity contribution < 1.29 is 4.79 Å². The van der Waals surface area contributed by atoms with Gasteiger partial charge >= 0.3 is 0 Å². The van der Waals surface area contributed by atoms with Crippen LogP contribution in [0.5, 0.6) is 0 Å². The van der Waals surface area contributed by atoms with Crippen molar-refractivity contribution in [3.05, 3.63) is 22.2 Å². The van der Waals surface area contributed by atoms with Crippen molar-refractivity contribution in [2.24, 2.45) is 11.1 Å². The fourth-order valence-electron chi connectivity index (χ4n) is 1.12. The Morgan fingerprint density at radius 3 is 2.41 bits per heavy atom. The van der Waals surface area contributed by atoms with Crippen LogP contribution in [0.2, 0.25) is 10.0 Å². The Hall–Kier alpha value is -1.13. The van der Waals surface area contributed by atoms with Crippen LogP contribution in [0.1, 0.15) is 13.8 Å². The van der Waals surface area contributed by atoms with E-state index in [1.54, 1.807) is 26.0 Å². The van der Waals surface area contributed by atoms with Crippen LogP contribution in [0.3, 0.4) is 0 Å². The number of nitrogens with one attached hydrogen (secondary N) is 1. The quantitative estimate of drug-likeness (QED) is 0.739. The number of hydrogen-bond acceptors (Lipinski definition) is 3. The molecule has 0 spiro atoms. The van der Waals surface area contributed by atoms with Crippen molar-refractivity contribution in [3.8, 4) is 0 Å². The topological polar surface area (TPSA) is 81.1 Å². The third kappa shape index (κ3) is 3.41. The van der Waals surface area contributed by atoms with Gasteiger partial charge in [-0.1, -0.05) is 23.2 Å². The Labute approximate surface area is 110 Å². The Bertz CT molecular complexity index is 447. The molecule has 0 fully saturated rings. The lowest BCUT2D eigenvalue weighted by Gasteiger charge is -2.22. The zero-order chi connectivity index (χ0) is 13.2. The van der Waals surface area contributed by atoms with Crippen molar-refractivity contribution in [2.75, 3.05) is 17.6 Å². The smallest absolute Gasteiger partial charge is 0.224 e. The van der Waals surface area contributed by atoms with E-state index in [9.17, 15) is 4.79 Å². The monoisotopic (exact) mass is 275 g/mol. The summed E-state index contributed by atoms with van der Waals surface area (Å²) in [5.41, 5.74) is 11.5. The van der Waals surface area contributed by atoms with Gasteiger partial charge in [0.05, 0.1) is 26.8 Å². The summed E-state index contributed by atoms with van der Waals surface area (Å²) in [6, 6.07) is 3.18. The fourth-order valence-corrected chi connectivity index (χ4v) is 1.45. The van der Waals surface area contributed by atoms with Crippen LogP contribution < -0.4 is 16.8 Å². The molecule has 5 N–H and O–H groups in total. The third-order valence-corrected chi connectivity index (χ3v) is 3.20. The van der Waals surface area contributed by atoms with Crippen molar-refractivity contribution in [1.29, 1.82) is 0 Å². The predicted molar refractivity (Wildman–Crippen MR) is 72.3 cm³/mol. The third-order valence-electron chi connectivity index (χ3n) is 2.48. The van der Waals surface area contributed by atoms with Crippen LogP contribution in [0.15, 0.2) is 12.1 Å². The normalized spacial score (nSPS) is 11.3. The van der Waals surface area contributed by atoms with E-state index in [1.165, 1.54) is 0 Å². The lowest BCUT2D eigenvalue weighted by molar-refractivity contribution is -0.125. The van der Waals surface area contributed by atoms with Gasteiger partial charge in [0, 0.05) is 6.54 Å². The lowest BCUT2D eigenvalue weighted by atomic mass is 9.92. The van der Waals surface area contributed by atoms with Crippen molar-refractivity contribution >= 4 is 40.5 Å². The van der Waals surface area contributed by atoms with Crippen LogP contribution in [0.25, 0.3) is 0 Å². The summed E-state index contributed by atoms with van der Waals surface area (Å²) in [6.45, 7) is 3.86. The van der Waals surface area contributed by atoms with Crippen molar-refractivity contribution in [1.82, 2.24) is 0 Å². The molecule has 0 atom stereocenters. The molecule has 1 aromatic rings. The van der Waals surface area contributed by atoms with Gasteiger partial charge in [-0.05, 0) is 26.0 Å². The van der Waals surface area contributed by atoms with Crippen LogP contribution in [0, 0.1) is 5.41 Å². The highest BCUT2D eigenvalue weighted by Crippen LogP contribution is 2.31. The van der Waals surface area contributed by atoms with E-state index in [4.69, 9.17) is 34.7 Å². The van der Waals surface area contributed by atoms with Crippen molar-refractivity contribution in [3.63, 3.8) is 0 Å². The molecule has 0 saturated heterocycles. The minimum atomic E-state index is -0.668. The number of primary amides is 1. The number of halogens is 2. The molecule has 0 aromatic heterocycles. The average Bonchev–Trinajstić information content (AvgIpc) is 2.21. The minimum Gasteiger partial charge on any atom is -0.397 e. The maximum absolute atomic E-state index is 11.2. The first-order valence-electron chi connectivity index (χ1n) is 5.02. The van der Waals surface area contributed by atoms with Gasteiger partial charge in [0.25, 0.3) is 0 Å². The van der Waals surface area contributed by atoms with Gasteiger partial charge in [-0.25, -0.2) is 0 Å². The Balaban J connectivity index is 2.83. The minimum absolute atomic E-state index is 0.366. The summed E-state index contributed by atoms with van der Waals surface area (Å²) >= 11 is 11.7. The largest absolute Gasteiger partial charge is 0.397 e. The van der Waals surface area contributed by atoms with Gasteiger partial charge in [-0.2, -0.15) is 0 Å². The number of nitrogen functional groups attached to an aromatic ring is 1. The first-order valence-corrected chi connectivity index (χ1v) is 5.78. The molecule has 0 aliphatic heterocycles. The number of nitrogens with two attached hydrogens (primary N) is 2. The molecule has 1 rings (SSSR count). The molecule has 4 nitrogen and oxygen atoms in total. The molecule has 0 unspecified atom stereocenters. The van der Waals surface area contributed by atoms with E-state index >= 15 is 0 Å². The number of rotatable bonds is 4.